The van der Waals surface area contributed by atoms with Gasteiger partial charge in [-0.3, -0.25) is 4.79 Å². The van der Waals surface area contributed by atoms with Gasteiger partial charge in [0.25, 0.3) is 0 Å². The molecule has 0 aliphatic carbocycles. The molecule has 0 saturated heterocycles. The summed E-state index contributed by atoms with van der Waals surface area (Å²) < 4.78 is 52.3. The molecule has 2 rings (SSSR count). The van der Waals surface area contributed by atoms with Gasteiger partial charge in [-0.05, 0) is 37.3 Å². The van der Waals surface area contributed by atoms with Crippen LogP contribution in [0.3, 0.4) is 0 Å². The van der Waals surface area contributed by atoms with Gasteiger partial charge in [0.05, 0.1) is 15.8 Å². The Kier molecular flexibility index (Phi) is 6.37. The molecule has 146 valence electrons. The van der Waals surface area contributed by atoms with Crippen LogP contribution in [0.15, 0.2) is 64.4 Å². The molecule has 0 spiro atoms. The lowest BCUT2D eigenvalue weighted by molar-refractivity contribution is -0.117. The smallest absolute Gasteiger partial charge is 0.242 e. The predicted molar refractivity (Wildman–Crippen MR) is 102 cm³/mol. The minimum Gasteiger partial charge on any atom is -0.325 e. The average molecular weight is 412 g/mol. The zero-order valence-electron chi connectivity index (χ0n) is 15.1. The molecule has 2 N–H and O–H groups in total. The van der Waals surface area contributed by atoms with Crippen molar-refractivity contribution in [3.63, 3.8) is 0 Å². The molecule has 8 nitrogen and oxygen atoms in total. The lowest BCUT2D eigenvalue weighted by atomic mass is 10.3. The van der Waals surface area contributed by atoms with Gasteiger partial charge < -0.3 is 5.32 Å². The third-order valence-corrected chi connectivity index (χ3v) is 7.03. The summed E-state index contributed by atoms with van der Waals surface area (Å²) in [6.07, 6.45) is 0. The van der Waals surface area contributed by atoms with Gasteiger partial charge in [0.1, 0.15) is 0 Å². The second kappa shape index (κ2) is 8.17. The number of carbonyl (C=O) groups is 1. The van der Waals surface area contributed by atoms with Crippen molar-refractivity contribution >= 4 is 31.6 Å². The topological polar surface area (TPSA) is 113 Å². The molecule has 2 aromatic rings. The van der Waals surface area contributed by atoms with Gasteiger partial charge >= 0.3 is 0 Å². The SMILES string of the molecule is CC(NS(=O)(=O)c1ccccc1)C(=O)Nc1cccc(S(=O)(=O)N(C)C)c1. The first kappa shape index (κ1) is 21.0. The number of amides is 1. The summed E-state index contributed by atoms with van der Waals surface area (Å²) in [4.78, 5) is 12.4. The first-order valence-electron chi connectivity index (χ1n) is 7.95. The number of nitrogens with one attached hydrogen (secondary N) is 2. The van der Waals surface area contributed by atoms with E-state index in [1.807, 2.05) is 0 Å². The van der Waals surface area contributed by atoms with Crippen molar-refractivity contribution < 1.29 is 21.6 Å². The van der Waals surface area contributed by atoms with E-state index in [0.717, 1.165) is 4.31 Å². The Bertz CT molecular complexity index is 1020. The molecule has 0 aliphatic heterocycles. The highest BCUT2D eigenvalue weighted by Crippen LogP contribution is 2.18. The minimum absolute atomic E-state index is 0.0165. The summed E-state index contributed by atoms with van der Waals surface area (Å²) in [6.45, 7) is 1.40. The monoisotopic (exact) mass is 411 g/mol. The maximum atomic E-state index is 12.3. The molecule has 1 amide bonds. The zero-order valence-corrected chi connectivity index (χ0v) is 16.7. The molecule has 0 aromatic heterocycles. The third-order valence-electron chi connectivity index (χ3n) is 3.66. The van der Waals surface area contributed by atoms with Gasteiger partial charge in [0.15, 0.2) is 0 Å². The molecular weight excluding hydrogens is 390 g/mol. The van der Waals surface area contributed by atoms with Crippen LogP contribution in [0.25, 0.3) is 0 Å². The molecular formula is C17H21N3O5S2. The number of nitrogens with zero attached hydrogens (tertiary/aromatic N) is 1. The number of anilines is 1. The number of carbonyl (C=O) groups excluding carboxylic acids is 1. The molecule has 0 fully saturated rings. The molecule has 0 saturated carbocycles. The third kappa shape index (κ3) is 5.13. The number of rotatable bonds is 7. The fourth-order valence-corrected chi connectivity index (χ4v) is 4.32. The van der Waals surface area contributed by atoms with Crippen molar-refractivity contribution in [1.29, 1.82) is 0 Å². The first-order valence-corrected chi connectivity index (χ1v) is 10.9. The highest BCUT2D eigenvalue weighted by molar-refractivity contribution is 7.89. The first-order chi connectivity index (χ1) is 12.5. The standard InChI is InChI=1S/C17H21N3O5S2/c1-13(19-26(22,23)15-9-5-4-6-10-15)17(21)18-14-8-7-11-16(12-14)27(24,25)20(2)3/h4-13,19H,1-3H3,(H,18,21). The van der Waals surface area contributed by atoms with Crippen LogP contribution in [0, 0.1) is 0 Å². The van der Waals surface area contributed by atoms with Gasteiger partial charge in [-0.1, -0.05) is 24.3 Å². The molecule has 10 heteroatoms. The van der Waals surface area contributed by atoms with Crippen molar-refractivity contribution in [3.8, 4) is 0 Å². The molecule has 2 aromatic carbocycles. The quantitative estimate of drug-likeness (QED) is 0.712. The van der Waals surface area contributed by atoms with Crippen molar-refractivity contribution in [2.24, 2.45) is 0 Å². The summed E-state index contributed by atoms with van der Waals surface area (Å²) in [7, 11) is -4.70. The summed E-state index contributed by atoms with van der Waals surface area (Å²) in [5.74, 6) is -0.617. The highest BCUT2D eigenvalue weighted by Gasteiger charge is 2.23. The van der Waals surface area contributed by atoms with Gasteiger partial charge in [-0.25, -0.2) is 21.1 Å². The largest absolute Gasteiger partial charge is 0.325 e. The lowest BCUT2D eigenvalue weighted by Gasteiger charge is -2.16. The van der Waals surface area contributed by atoms with Crippen molar-refractivity contribution in [2.75, 3.05) is 19.4 Å². The van der Waals surface area contributed by atoms with Gasteiger partial charge in [-0.2, -0.15) is 4.72 Å². The van der Waals surface area contributed by atoms with Crippen LogP contribution >= 0.6 is 0 Å². The Morgan fingerprint density at radius 2 is 1.52 bits per heavy atom. The van der Waals surface area contributed by atoms with E-state index in [1.54, 1.807) is 18.2 Å². The summed E-state index contributed by atoms with van der Waals surface area (Å²) in [6, 6.07) is 12.3. The molecule has 27 heavy (non-hydrogen) atoms. The van der Waals surface area contributed by atoms with Gasteiger partial charge in [0, 0.05) is 19.8 Å². The van der Waals surface area contributed by atoms with E-state index in [2.05, 4.69) is 10.0 Å². The van der Waals surface area contributed by atoms with Crippen LogP contribution in [0.4, 0.5) is 5.69 Å². The Hall–Kier alpha value is -2.27. The van der Waals surface area contributed by atoms with Crippen LogP contribution in [0.5, 0.6) is 0 Å². The van der Waals surface area contributed by atoms with Crippen molar-refractivity contribution in [3.05, 3.63) is 54.6 Å². The fraction of sp³-hybridized carbons (Fsp3) is 0.235. The molecule has 0 bridgehead atoms. The van der Waals surface area contributed by atoms with Crippen LogP contribution < -0.4 is 10.0 Å². The normalized spacial score (nSPS) is 13.3. The number of sulfonamides is 2. The Morgan fingerprint density at radius 3 is 2.11 bits per heavy atom. The molecule has 0 heterocycles. The predicted octanol–water partition coefficient (Wildman–Crippen LogP) is 1.24. The lowest BCUT2D eigenvalue weighted by Crippen LogP contribution is -2.41. The molecule has 0 aliphatic rings. The Balaban J connectivity index is 2.13. The van der Waals surface area contributed by atoms with E-state index < -0.39 is 32.0 Å². The zero-order chi connectivity index (χ0) is 20.2. The van der Waals surface area contributed by atoms with Crippen molar-refractivity contribution in [2.45, 2.75) is 22.8 Å². The Morgan fingerprint density at radius 1 is 0.926 bits per heavy atom. The summed E-state index contributed by atoms with van der Waals surface area (Å²) in [5.41, 5.74) is 0.244. The average Bonchev–Trinajstić information content (AvgIpc) is 2.62. The minimum atomic E-state index is -3.85. The van der Waals surface area contributed by atoms with E-state index in [9.17, 15) is 21.6 Å². The van der Waals surface area contributed by atoms with Crippen LogP contribution in [-0.2, 0) is 24.8 Å². The summed E-state index contributed by atoms with van der Waals surface area (Å²) in [5, 5.41) is 2.52. The molecule has 1 unspecified atom stereocenters. The number of hydrogen-bond donors (Lipinski definition) is 2. The summed E-state index contributed by atoms with van der Waals surface area (Å²) >= 11 is 0. The maximum Gasteiger partial charge on any atom is 0.242 e. The van der Waals surface area contributed by atoms with Crippen LogP contribution in [-0.4, -0.2) is 47.2 Å². The van der Waals surface area contributed by atoms with E-state index in [1.165, 1.54) is 57.4 Å². The van der Waals surface area contributed by atoms with Crippen molar-refractivity contribution in [1.82, 2.24) is 9.03 Å². The highest BCUT2D eigenvalue weighted by atomic mass is 32.2. The second-order valence-corrected chi connectivity index (χ2v) is 9.83. The van der Waals surface area contributed by atoms with Gasteiger partial charge in [-0.15, -0.1) is 0 Å². The van der Waals surface area contributed by atoms with E-state index in [4.69, 9.17) is 0 Å². The number of benzene rings is 2. The van der Waals surface area contributed by atoms with E-state index in [-0.39, 0.29) is 15.5 Å². The van der Waals surface area contributed by atoms with Crippen LogP contribution in [0.1, 0.15) is 6.92 Å². The van der Waals surface area contributed by atoms with Gasteiger partial charge in [0.2, 0.25) is 26.0 Å². The molecule has 1 atom stereocenters. The maximum absolute atomic E-state index is 12.3. The second-order valence-electron chi connectivity index (χ2n) is 5.96. The van der Waals surface area contributed by atoms with Crippen LogP contribution in [0.2, 0.25) is 0 Å². The van der Waals surface area contributed by atoms with E-state index >= 15 is 0 Å². The van der Waals surface area contributed by atoms with E-state index in [0.29, 0.717) is 0 Å². The number of hydrogen-bond acceptors (Lipinski definition) is 5. The molecule has 0 radical (unpaired) electrons. The fourth-order valence-electron chi connectivity index (χ4n) is 2.15. The Labute approximate surface area is 159 Å².